The Morgan fingerprint density at radius 1 is 0.724 bits per heavy atom. The van der Waals surface area contributed by atoms with Gasteiger partial charge < -0.3 is 5.11 Å². The van der Waals surface area contributed by atoms with Crippen LogP contribution in [0.25, 0.3) is 0 Å². The Kier molecular flexibility index (Phi) is 6.38. The Balaban J connectivity index is 3.36. The van der Waals surface area contributed by atoms with E-state index in [-0.39, 0.29) is 11.1 Å². The summed E-state index contributed by atoms with van der Waals surface area (Å²) in [6.07, 6.45) is -12.3. The lowest BCUT2D eigenvalue weighted by Gasteiger charge is -2.38. The fourth-order valence-electron chi connectivity index (χ4n) is 2.56. The molecule has 0 radical (unpaired) electrons. The molecule has 0 bridgehead atoms. The second-order valence-electron chi connectivity index (χ2n) is 7.48. The minimum atomic E-state index is -7.48. The minimum absolute atomic E-state index is 0.152. The molecule has 0 amide bonds. The van der Waals surface area contributed by atoms with E-state index in [2.05, 4.69) is 0 Å². The molecule has 1 nitrogen and oxygen atoms in total. The lowest BCUT2D eigenvalue weighted by atomic mass is 9.81. The number of aliphatic hydroxyl groups excluding tert-OH is 1. The predicted molar refractivity (Wildman–Crippen MR) is 80.6 cm³/mol. The standard InChI is InChI=1S/C17H17F11O/c1-12(2,3)10-7-5-4-6-9(10)11(29)8-13(18,19)14(20,21)15(22,23)16(24,25)17(26,27)28/h4-7,11,29H,8H2,1-3H3. The Morgan fingerprint density at radius 2 is 1.17 bits per heavy atom. The van der Waals surface area contributed by atoms with Crippen molar-refractivity contribution in [2.75, 3.05) is 0 Å². The van der Waals surface area contributed by atoms with Crippen molar-refractivity contribution < 1.29 is 53.4 Å². The molecule has 0 heterocycles. The Bertz CT molecular complexity index is 717. The van der Waals surface area contributed by atoms with Gasteiger partial charge in [0.05, 0.1) is 6.10 Å². The van der Waals surface area contributed by atoms with Gasteiger partial charge in [0.1, 0.15) is 0 Å². The quantitative estimate of drug-likeness (QED) is 0.494. The van der Waals surface area contributed by atoms with Gasteiger partial charge in [0.2, 0.25) is 0 Å². The average Bonchev–Trinajstić information content (AvgIpc) is 2.52. The van der Waals surface area contributed by atoms with E-state index >= 15 is 0 Å². The molecule has 0 saturated heterocycles. The van der Waals surface area contributed by atoms with Gasteiger partial charge in [0, 0.05) is 6.42 Å². The SMILES string of the molecule is CC(C)(C)c1ccccc1C(O)CC(F)(F)C(F)(F)C(F)(F)C(F)(F)C(F)(F)F. The first-order valence-electron chi connectivity index (χ1n) is 7.96. The lowest BCUT2D eigenvalue weighted by molar-refractivity contribution is -0.423. The van der Waals surface area contributed by atoms with E-state index in [1.807, 2.05) is 0 Å². The summed E-state index contributed by atoms with van der Waals surface area (Å²) in [6.45, 7) is 4.63. The van der Waals surface area contributed by atoms with Crippen LogP contribution in [0, 0.1) is 0 Å². The van der Waals surface area contributed by atoms with E-state index < -0.39 is 47.8 Å². The van der Waals surface area contributed by atoms with Gasteiger partial charge in [-0.3, -0.25) is 0 Å². The molecule has 0 fully saturated rings. The molecule has 1 aromatic carbocycles. The predicted octanol–water partition coefficient (Wildman–Crippen LogP) is 6.51. The molecule has 0 saturated carbocycles. The van der Waals surface area contributed by atoms with Crippen LogP contribution < -0.4 is 0 Å². The van der Waals surface area contributed by atoms with Crippen molar-refractivity contribution in [3.63, 3.8) is 0 Å². The highest BCUT2D eigenvalue weighted by molar-refractivity contribution is 5.34. The summed E-state index contributed by atoms with van der Waals surface area (Å²) < 4.78 is 144. The number of hydrogen-bond donors (Lipinski definition) is 1. The van der Waals surface area contributed by atoms with E-state index in [1.165, 1.54) is 18.2 Å². The van der Waals surface area contributed by atoms with Gasteiger partial charge in [-0.2, -0.15) is 48.3 Å². The molecule has 12 heteroatoms. The zero-order valence-corrected chi connectivity index (χ0v) is 15.2. The number of alkyl halides is 11. The summed E-state index contributed by atoms with van der Waals surface area (Å²) in [5.74, 6) is -28.2. The van der Waals surface area contributed by atoms with Crippen molar-refractivity contribution in [1.29, 1.82) is 0 Å². The molecule has 1 aromatic rings. The molecule has 1 unspecified atom stereocenters. The Morgan fingerprint density at radius 3 is 1.59 bits per heavy atom. The van der Waals surface area contributed by atoms with E-state index in [0.717, 1.165) is 6.07 Å². The highest BCUT2D eigenvalue weighted by Crippen LogP contribution is 2.58. The smallest absolute Gasteiger partial charge is 0.388 e. The normalized spacial score (nSPS) is 16.1. The monoisotopic (exact) mass is 446 g/mol. The summed E-state index contributed by atoms with van der Waals surface area (Å²) in [4.78, 5) is 0. The average molecular weight is 446 g/mol. The second kappa shape index (κ2) is 7.28. The first-order chi connectivity index (χ1) is 12.6. The molecule has 0 aliphatic carbocycles. The largest absolute Gasteiger partial charge is 0.460 e. The fourth-order valence-corrected chi connectivity index (χ4v) is 2.56. The lowest BCUT2D eigenvalue weighted by Crippen LogP contribution is -2.66. The fraction of sp³-hybridized carbons (Fsp3) is 0.647. The maximum atomic E-state index is 13.9. The van der Waals surface area contributed by atoms with Crippen LogP contribution in [-0.2, 0) is 5.41 Å². The van der Waals surface area contributed by atoms with Gasteiger partial charge in [-0.05, 0) is 16.5 Å². The molecule has 168 valence electrons. The first kappa shape index (κ1) is 25.4. The minimum Gasteiger partial charge on any atom is -0.388 e. The summed E-state index contributed by atoms with van der Waals surface area (Å²) in [7, 11) is 0. The molecular formula is C17H17F11O. The van der Waals surface area contributed by atoms with Crippen molar-refractivity contribution >= 4 is 0 Å². The van der Waals surface area contributed by atoms with Crippen LogP contribution in [0.15, 0.2) is 24.3 Å². The highest BCUT2D eigenvalue weighted by Gasteiger charge is 2.87. The van der Waals surface area contributed by atoms with Gasteiger partial charge in [-0.25, -0.2) is 0 Å². The van der Waals surface area contributed by atoms with Crippen molar-refractivity contribution in [3.8, 4) is 0 Å². The number of hydrogen-bond acceptors (Lipinski definition) is 1. The molecule has 0 aromatic heterocycles. The van der Waals surface area contributed by atoms with E-state index in [9.17, 15) is 53.4 Å². The molecule has 29 heavy (non-hydrogen) atoms. The van der Waals surface area contributed by atoms with Gasteiger partial charge in [0.25, 0.3) is 0 Å². The summed E-state index contributed by atoms with van der Waals surface area (Å²) in [6, 6.07) is 4.95. The second-order valence-corrected chi connectivity index (χ2v) is 7.48. The van der Waals surface area contributed by atoms with E-state index in [1.54, 1.807) is 20.8 Å². The van der Waals surface area contributed by atoms with Gasteiger partial charge >= 0.3 is 29.9 Å². The van der Waals surface area contributed by atoms with Gasteiger partial charge in [-0.1, -0.05) is 45.0 Å². The topological polar surface area (TPSA) is 20.2 Å². The van der Waals surface area contributed by atoms with Crippen LogP contribution in [-0.4, -0.2) is 35.0 Å². The number of halogens is 11. The van der Waals surface area contributed by atoms with Crippen LogP contribution in [0.4, 0.5) is 48.3 Å². The summed E-state index contributed by atoms with van der Waals surface area (Å²) in [5, 5.41) is 9.92. The third kappa shape index (κ3) is 4.31. The molecular weight excluding hydrogens is 429 g/mol. The summed E-state index contributed by atoms with van der Waals surface area (Å²) in [5.41, 5.74) is -1.07. The van der Waals surface area contributed by atoms with Crippen molar-refractivity contribution in [1.82, 2.24) is 0 Å². The number of aliphatic hydroxyl groups is 1. The van der Waals surface area contributed by atoms with Gasteiger partial charge in [0.15, 0.2) is 0 Å². The third-order valence-corrected chi connectivity index (χ3v) is 4.18. The molecule has 0 aliphatic rings. The molecule has 1 N–H and O–H groups in total. The third-order valence-electron chi connectivity index (χ3n) is 4.18. The molecule has 0 spiro atoms. The molecule has 1 atom stereocenters. The Hall–Kier alpha value is -1.59. The van der Waals surface area contributed by atoms with Crippen molar-refractivity contribution in [2.45, 2.75) is 68.6 Å². The Labute approximate surface area is 158 Å². The number of benzene rings is 1. The van der Waals surface area contributed by atoms with Crippen LogP contribution in [0.5, 0.6) is 0 Å². The van der Waals surface area contributed by atoms with Crippen LogP contribution in [0.1, 0.15) is 44.4 Å². The van der Waals surface area contributed by atoms with E-state index in [0.29, 0.717) is 0 Å². The molecule has 0 aliphatic heterocycles. The van der Waals surface area contributed by atoms with E-state index in [4.69, 9.17) is 0 Å². The molecule has 1 rings (SSSR count). The maximum absolute atomic E-state index is 13.9. The van der Waals surface area contributed by atoms with Crippen LogP contribution in [0.3, 0.4) is 0 Å². The van der Waals surface area contributed by atoms with Crippen molar-refractivity contribution in [2.24, 2.45) is 0 Å². The van der Waals surface area contributed by atoms with Crippen molar-refractivity contribution in [3.05, 3.63) is 35.4 Å². The van der Waals surface area contributed by atoms with Crippen LogP contribution >= 0.6 is 0 Å². The summed E-state index contributed by atoms with van der Waals surface area (Å²) >= 11 is 0. The maximum Gasteiger partial charge on any atom is 0.460 e. The first-order valence-corrected chi connectivity index (χ1v) is 7.96. The number of rotatable bonds is 6. The zero-order valence-electron chi connectivity index (χ0n) is 15.2. The van der Waals surface area contributed by atoms with Crippen LogP contribution in [0.2, 0.25) is 0 Å². The highest BCUT2D eigenvalue weighted by atomic mass is 19.4. The van der Waals surface area contributed by atoms with Gasteiger partial charge in [-0.15, -0.1) is 0 Å². The zero-order chi connectivity index (χ0) is 23.3.